The Morgan fingerprint density at radius 1 is 1.17 bits per heavy atom. The van der Waals surface area contributed by atoms with Gasteiger partial charge in [-0.1, -0.05) is 42.4 Å². The van der Waals surface area contributed by atoms with Crippen LogP contribution in [-0.4, -0.2) is 46.9 Å². The topological polar surface area (TPSA) is 96.0 Å². The van der Waals surface area contributed by atoms with Crippen LogP contribution in [0.15, 0.2) is 4.34 Å². The number of amides is 2. The Balaban J connectivity index is 1.67. The molecule has 0 bridgehead atoms. The van der Waals surface area contributed by atoms with E-state index in [9.17, 15) is 9.59 Å². The fourth-order valence-corrected chi connectivity index (χ4v) is 4.02. The van der Waals surface area contributed by atoms with E-state index >= 15 is 0 Å². The van der Waals surface area contributed by atoms with E-state index in [1.165, 1.54) is 55.2 Å². The number of hydrogen-bond donors (Lipinski definition) is 3. The first-order chi connectivity index (χ1) is 11.2. The molecule has 2 amide bonds. The lowest BCUT2D eigenvalue weighted by atomic mass is 9.96. The minimum atomic E-state index is -0.182. The lowest BCUT2D eigenvalue weighted by Gasteiger charge is -2.21. The van der Waals surface area contributed by atoms with Gasteiger partial charge in [-0.2, -0.15) is 0 Å². The van der Waals surface area contributed by atoms with E-state index in [1.807, 2.05) is 6.92 Å². The molecule has 0 atom stereocenters. The van der Waals surface area contributed by atoms with E-state index in [-0.39, 0.29) is 24.1 Å². The molecule has 2 rings (SSSR count). The second kappa shape index (κ2) is 9.71. The summed E-state index contributed by atoms with van der Waals surface area (Å²) in [5.74, 6) is -0.128. The maximum atomic E-state index is 11.7. The Morgan fingerprint density at radius 2 is 1.96 bits per heavy atom. The van der Waals surface area contributed by atoms with Crippen LogP contribution in [0.5, 0.6) is 0 Å². The van der Waals surface area contributed by atoms with Crippen molar-refractivity contribution in [3.05, 3.63) is 0 Å². The Kier molecular flexibility index (Phi) is 7.60. The summed E-state index contributed by atoms with van der Waals surface area (Å²) < 4.78 is 0.761. The number of carbonyl (C=O) groups is 2. The number of rotatable bonds is 8. The molecule has 1 fully saturated rings. The van der Waals surface area contributed by atoms with Crippen LogP contribution in [0.2, 0.25) is 0 Å². The molecule has 1 aliphatic rings. The minimum absolute atomic E-state index is 0.0117. The van der Waals surface area contributed by atoms with Gasteiger partial charge in [-0.15, -0.1) is 10.2 Å². The zero-order chi connectivity index (χ0) is 16.5. The lowest BCUT2D eigenvalue weighted by molar-refractivity contribution is -0.124. The summed E-state index contributed by atoms with van der Waals surface area (Å²) in [6.45, 7) is 2.41. The number of thioether (sulfide) groups is 1. The van der Waals surface area contributed by atoms with Crippen molar-refractivity contribution in [2.75, 3.05) is 24.2 Å². The molecule has 128 valence electrons. The van der Waals surface area contributed by atoms with Gasteiger partial charge < -0.3 is 16.0 Å². The number of carbonyl (C=O) groups excluding carboxylic acids is 2. The van der Waals surface area contributed by atoms with Crippen LogP contribution < -0.4 is 16.0 Å². The molecule has 1 saturated carbocycles. The minimum Gasteiger partial charge on any atom is -0.357 e. The second-order valence-corrected chi connectivity index (χ2v) is 7.57. The van der Waals surface area contributed by atoms with Crippen LogP contribution in [0, 0.1) is 0 Å². The summed E-state index contributed by atoms with van der Waals surface area (Å²) in [4.78, 5) is 22.9. The number of hydrogen-bond acceptors (Lipinski definition) is 7. The lowest BCUT2D eigenvalue weighted by Crippen LogP contribution is -2.37. The summed E-state index contributed by atoms with van der Waals surface area (Å²) in [7, 11) is 0. The molecule has 0 unspecified atom stereocenters. The molecule has 9 heteroatoms. The SMILES string of the molecule is CCNC(=O)CNC(=O)CSc1nnc(NC2CCCCC2)s1. The molecule has 0 aromatic carbocycles. The number of anilines is 1. The van der Waals surface area contributed by atoms with Crippen LogP contribution in [0.3, 0.4) is 0 Å². The Labute approximate surface area is 144 Å². The third-order valence-electron chi connectivity index (χ3n) is 3.49. The van der Waals surface area contributed by atoms with Crippen molar-refractivity contribution in [3.63, 3.8) is 0 Å². The highest BCUT2D eigenvalue weighted by atomic mass is 32.2. The number of aromatic nitrogens is 2. The quantitative estimate of drug-likeness (QED) is 0.612. The highest BCUT2D eigenvalue weighted by molar-refractivity contribution is 8.01. The van der Waals surface area contributed by atoms with Gasteiger partial charge in [0.2, 0.25) is 16.9 Å². The molecule has 7 nitrogen and oxygen atoms in total. The molecular formula is C14H23N5O2S2. The standard InChI is InChI=1S/C14H23N5O2S2/c1-2-15-11(20)8-16-12(21)9-22-14-19-18-13(23-14)17-10-6-4-3-5-7-10/h10H,2-9H2,1H3,(H,15,20)(H,16,21)(H,17,18). The molecule has 3 N–H and O–H groups in total. The highest BCUT2D eigenvalue weighted by Crippen LogP contribution is 2.28. The zero-order valence-corrected chi connectivity index (χ0v) is 14.9. The van der Waals surface area contributed by atoms with Gasteiger partial charge in [0.1, 0.15) is 0 Å². The maximum absolute atomic E-state index is 11.7. The largest absolute Gasteiger partial charge is 0.357 e. The van der Waals surface area contributed by atoms with Gasteiger partial charge in [0, 0.05) is 12.6 Å². The summed E-state index contributed by atoms with van der Waals surface area (Å²) in [5, 5.41) is 17.7. The van der Waals surface area contributed by atoms with Crippen LogP contribution in [0.1, 0.15) is 39.0 Å². The Hall–Kier alpha value is -1.35. The molecule has 23 heavy (non-hydrogen) atoms. The van der Waals surface area contributed by atoms with Gasteiger partial charge in [0.25, 0.3) is 0 Å². The van der Waals surface area contributed by atoms with E-state index in [1.54, 1.807) is 0 Å². The summed E-state index contributed by atoms with van der Waals surface area (Å²) in [5.41, 5.74) is 0. The van der Waals surface area contributed by atoms with Crippen molar-refractivity contribution in [2.24, 2.45) is 0 Å². The predicted molar refractivity (Wildman–Crippen MR) is 92.8 cm³/mol. The monoisotopic (exact) mass is 357 g/mol. The average Bonchev–Trinajstić information content (AvgIpc) is 3.00. The van der Waals surface area contributed by atoms with E-state index in [0.29, 0.717) is 12.6 Å². The second-order valence-electron chi connectivity index (χ2n) is 5.37. The zero-order valence-electron chi connectivity index (χ0n) is 13.3. The first-order valence-corrected chi connectivity index (χ1v) is 9.74. The predicted octanol–water partition coefficient (Wildman–Crippen LogP) is 1.63. The molecule has 1 aromatic rings. The maximum Gasteiger partial charge on any atom is 0.239 e. The molecule has 0 radical (unpaired) electrons. The van der Waals surface area contributed by atoms with Crippen molar-refractivity contribution in [1.82, 2.24) is 20.8 Å². The van der Waals surface area contributed by atoms with Crippen LogP contribution in [0.4, 0.5) is 5.13 Å². The van der Waals surface area contributed by atoms with Crippen molar-refractivity contribution in [1.29, 1.82) is 0 Å². The first-order valence-electron chi connectivity index (χ1n) is 7.93. The van der Waals surface area contributed by atoms with Crippen molar-refractivity contribution in [3.8, 4) is 0 Å². The van der Waals surface area contributed by atoms with Gasteiger partial charge in [0.05, 0.1) is 12.3 Å². The molecule has 0 aliphatic heterocycles. The van der Waals surface area contributed by atoms with Crippen molar-refractivity contribution >= 4 is 40.0 Å². The molecule has 0 saturated heterocycles. The normalized spacial score (nSPS) is 15.2. The van der Waals surface area contributed by atoms with E-state index in [0.717, 1.165) is 9.47 Å². The average molecular weight is 358 g/mol. The first kappa shape index (κ1) is 18.0. The smallest absolute Gasteiger partial charge is 0.239 e. The van der Waals surface area contributed by atoms with E-state index < -0.39 is 0 Å². The molecule has 1 heterocycles. The summed E-state index contributed by atoms with van der Waals surface area (Å²) in [6.07, 6.45) is 6.23. The van der Waals surface area contributed by atoms with Gasteiger partial charge in [-0.05, 0) is 19.8 Å². The third-order valence-corrected chi connectivity index (χ3v) is 5.47. The molecule has 1 aliphatic carbocycles. The van der Waals surface area contributed by atoms with Crippen molar-refractivity contribution in [2.45, 2.75) is 49.4 Å². The fourth-order valence-electron chi connectivity index (χ4n) is 2.36. The van der Waals surface area contributed by atoms with E-state index in [4.69, 9.17) is 0 Å². The van der Waals surface area contributed by atoms with Crippen LogP contribution >= 0.6 is 23.1 Å². The molecular weight excluding hydrogens is 334 g/mol. The van der Waals surface area contributed by atoms with Crippen molar-refractivity contribution < 1.29 is 9.59 Å². The number of likely N-dealkylation sites (N-methyl/N-ethyl adjacent to an activating group) is 1. The summed E-state index contributed by atoms with van der Waals surface area (Å²) >= 11 is 2.81. The molecule has 1 aromatic heterocycles. The van der Waals surface area contributed by atoms with Gasteiger partial charge in [-0.3, -0.25) is 9.59 Å². The van der Waals surface area contributed by atoms with Gasteiger partial charge in [0.15, 0.2) is 4.34 Å². The fraction of sp³-hybridized carbons (Fsp3) is 0.714. The van der Waals surface area contributed by atoms with Gasteiger partial charge >= 0.3 is 0 Å². The third kappa shape index (κ3) is 6.74. The van der Waals surface area contributed by atoms with E-state index in [2.05, 4.69) is 26.1 Å². The molecule has 0 spiro atoms. The van der Waals surface area contributed by atoms with Crippen LogP contribution in [-0.2, 0) is 9.59 Å². The van der Waals surface area contributed by atoms with Gasteiger partial charge in [-0.25, -0.2) is 0 Å². The van der Waals surface area contributed by atoms with Crippen LogP contribution in [0.25, 0.3) is 0 Å². The summed E-state index contributed by atoms with van der Waals surface area (Å²) in [6, 6.07) is 0.495. The number of nitrogens with zero attached hydrogens (tertiary/aromatic N) is 2. The number of nitrogens with one attached hydrogen (secondary N) is 3. The highest BCUT2D eigenvalue weighted by Gasteiger charge is 2.15. The Morgan fingerprint density at radius 3 is 2.70 bits per heavy atom. The Bertz CT molecular complexity index is 517.